The van der Waals surface area contributed by atoms with Crippen molar-refractivity contribution in [3.63, 3.8) is 0 Å². The smallest absolute Gasteiger partial charge is 0.0431 e. The van der Waals surface area contributed by atoms with E-state index in [0.29, 0.717) is 6.61 Å². The SMILES string of the molecule is CC=CCC=CCC=CCCCCCCCCO. The van der Waals surface area contributed by atoms with E-state index in [1.165, 1.54) is 38.5 Å². The molecule has 1 nitrogen and oxygen atoms in total. The molecule has 0 saturated heterocycles. The van der Waals surface area contributed by atoms with Gasteiger partial charge < -0.3 is 5.11 Å². The van der Waals surface area contributed by atoms with Crippen molar-refractivity contribution in [2.45, 2.75) is 64.7 Å². The molecule has 0 heterocycles. The van der Waals surface area contributed by atoms with Crippen molar-refractivity contribution in [2.75, 3.05) is 6.61 Å². The third-order valence-corrected chi connectivity index (χ3v) is 2.89. The first-order valence-corrected chi connectivity index (χ1v) is 7.43. The van der Waals surface area contributed by atoms with Crippen LogP contribution in [0.2, 0.25) is 0 Å². The highest BCUT2D eigenvalue weighted by Gasteiger charge is 1.89. The molecule has 0 fully saturated rings. The van der Waals surface area contributed by atoms with Crippen LogP contribution in [-0.2, 0) is 0 Å². The van der Waals surface area contributed by atoms with E-state index in [1.807, 2.05) is 0 Å². The monoisotopic (exact) mass is 250 g/mol. The minimum atomic E-state index is 0.351. The Morgan fingerprint density at radius 1 is 0.667 bits per heavy atom. The molecule has 0 amide bonds. The van der Waals surface area contributed by atoms with Crippen molar-refractivity contribution in [3.05, 3.63) is 36.5 Å². The summed E-state index contributed by atoms with van der Waals surface area (Å²) in [5, 5.41) is 8.64. The second-order valence-electron chi connectivity index (χ2n) is 4.62. The van der Waals surface area contributed by atoms with Gasteiger partial charge in [0.05, 0.1) is 0 Å². The standard InChI is InChI=1S/C17H30O/c1-2-3-4-5-6-7-8-9-10-11-12-13-14-15-16-17-18/h2-3,5-6,8-9,18H,4,7,10-17H2,1H3. The van der Waals surface area contributed by atoms with Gasteiger partial charge in [-0.25, -0.2) is 0 Å². The summed E-state index contributed by atoms with van der Waals surface area (Å²) in [7, 11) is 0. The minimum absolute atomic E-state index is 0.351. The number of allylic oxidation sites excluding steroid dienone is 6. The lowest BCUT2D eigenvalue weighted by molar-refractivity contribution is 0.282. The van der Waals surface area contributed by atoms with Gasteiger partial charge in [0.15, 0.2) is 0 Å². The number of hydrogen-bond donors (Lipinski definition) is 1. The summed E-state index contributed by atoms with van der Waals surface area (Å²) >= 11 is 0. The highest BCUT2D eigenvalue weighted by molar-refractivity contribution is 4.96. The van der Waals surface area contributed by atoms with Crippen LogP contribution in [0.4, 0.5) is 0 Å². The Hall–Kier alpha value is -0.820. The highest BCUT2D eigenvalue weighted by atomic mass is 16.2. The van der Waals surface area contributed by atoms with Crippen LogP contribution >= 0.6 is 0 Å². The topological polar surface area (TPSA) is 20.2 Å². The molecule has 104 valence electrons. The molecule has 0 unspecified atom stereocenters. The average molecular weight is 250 g/mol. The van der Waals surface area contributed by atoms with Gasteiger partial charge in [-0.1, -0.05) is 62.1 Å². The quantitative estimate of drug-likeness (QED) is 0.374. The molecule has 18 heavy (non-hydrogen) atoms. The molecule has 1 N–H and O–H groups in total. The van der Waals surface area contributed by atoms with E-state index < -0.39 is 0 Å². The fraction of sp³-hybridized carbons (Fsp3) is 0.647. The van der Waals surface area contributed by atoms with Crippen molar-refractivity contribution < 1.29 is 5.11 Å². The van der Waals surface area contributed by atoms with E-state index >= 15 is 0 Å². The molecule has 0 aromatic heterocycles. The first kappa shape index (κ1) is 17.2. The molecular weight excluding hydrogens is 220 g/mol. The van der Waals surface area contributed by atoms with E-state index in [2.05, 4.69) is 43.4 Å². The van der Waals surface area contributed by atoms with Crippen LogP contribution < -0.4 is 0 Å². The summed E-state index contributed by atoms with van der Waals surface area (Å²) in [6.45, 7) is 2.40. The van der Waals surface area contributed by atoms with Crippen LogP contribution in [0.1, 0.15) is 64.7 Å². The Morgan fingerprint density at radius 3 is 1.89 bits per heavy atom. The summed E-state index contributed by atoms with van der Waals surface area (Å²) in [4.78, 5) is 0. The fourth-order valence-electron chi connectivity index (χ4n) is 1.78. The van der Waals surface area contributed by atoms with Crippen LogP contribution in [0.25, 0.3) is 0 Å². The lowest BCUT2D eigenvalue weighted by Gasteiger charge is -1.98. The summed E-state index contributed by atoms with van der Waals surface area (Å²) in [5.41, 5.74) is 0. The highest BCUT2D eigenvalue weighted by Crippen LogP contribution is 2.07. The second kappa shape index (κ2) is 16.2. The molecule has 1 heteroatoms. The molecule has 0 saturated carbocycles. The average Bonchev–Trinajstić information content (AvgIpc) is 2.39. The van der Waals surface area contributed by atoms with Crippen LogP contribution in [0.5, 0.6) is 0 Å². The third-order valence-electron chi connectivity index (χ3n) is 2.89. The lowest BCUT2D eigenvalue weighted by atomic mass is 10.1. The Bertz CT molecular complexity index is 226. The van der Waals surface area contributed by atoms with Gasteiger partial charge in [-0.15, -0.1) is 0 Å². The van der Waals surface area contributed by atoms with Gasteiger partial charge in [0.2, 0.25) is 0 Å². The molecule has 0 atom stereocenters. The molecule has 0 aliphatic rings. The fourth-order valence-corrected chi connectivity index (χ4v) is 1.78. The van der Waals surface area contributed by atoms with Gasteiger partial charge in [0.25, 0.3) is 0 Å². The normalized spacial score (nSPS) is 12.3. The zero-order valence-electron chi connectivity index (χ0n) is 12.0. The largest absolute Gasteiger partial charge is 0.396 e. The lowest BCUT2D eigenvalue weighted by Crippen LogP contribution is -1.83. The number of unbranched alkanes of at least 4 members (excludes halogenated alkanes) is 6. The Labute approximate surface area is 113 Å². The predicted molar refractivity (Wildman–Crippen MR) is 81.7 cm³/mol. The van der Waals surface area contributed by atoms with E-state index in [9.17, 15) is 0 Å². The van der Waals surface area contributed by atoms with Crippen molar-refractivity contribution in [1.29, 1.82) is 0 Å². The van der Waals surface area contributed by atoms with Gasteiger partial charge in [-0.3, -0.25) is 0 Å². The van der Waals surface area contributed by atoms with Crippen molar-refractivity contribution in [2.24, 2.45) is 0 Å². The number of rotatable bonds is 12. The molecule has 0 aliphatic carbocycles. The Balaban J connectivity index is 3.15. The predicted octanol–water partition coefficient (Wildman–Crippen LogP) is 5.18. The van der Waals surface area contributed by atoms with Crippen molar-refractivity contribution in [1.82, 2.24) is 0 Å². The van der Waals surface area contributed by atoms with Gasteiger partial charge in [0, 0.05) is 6.61 Å². The second-order valence-corrected chi connectivity index (χ2v) is 4.62. The first-order chi connectivity index (χ1) is 8.91. The van der Waals surface area contributed by atoms with Crippen molar-refractivity contribution >= 4 is 0 Å². The van der Waals surface area contributed by atoms with E-state index in [0.717, 1.165) is 19.3 Å². The Morgan fingerprint density at radius 2 is 1.22 bits per heavy atom. The third kappa shape index (κ3) is 15.2. The molecule has 0 spiro atoms. The molecule has 0 radical (unpaired) electrons. The maximum Gasteiger partial charge on any atom is 0.0431 e. The number of aliphatic hydroxyl groups is 1. The summed E-state index contributed by atoms with van der Waals surface area (Å²) in [6, 6.07) is 0. The van der Waals surface area contributed by atoms with E-state index in [1.54, 1.807) is 0 Å². The Kier molecular flexibility index (Phi) is 15.4. The molecule has 0 aliphatic heterocycles. The van der Waals surface area contributed by atoms with Crippen LogP contribution in [0.15, 0.2) is 36.5 Å². The first-order valence-electron chi connectivity index (χ1n) is 7.43. The molecule has 0 rings (SSSR count). The molecule has 0 bridgehead atoms. The molecule has 0 aromatic carbocycles. The van der Waals surface area contributed by atoms with E-state index in [-0.39, 0.29) is 0 Å². The molecular formula is C17H30O. The van der Waals surface area contributed by atoms with Gasteiger partial charge in [-0.05, 0) is 39.0 Å². The van der Waals surface area contributed by atoms with Gasteiger partial charge >= 0.3 is 0 Å². The van der Waals surface area contributed by atoms with Crippen LogP contribution in [-0.4, -0.2) is 11.7 Å². The van der Waals surface area contributed by atoms with Crippen LogP contribution in [0.3, 0.4) is 0 Å². The maximum atomic E-state index is 8.64. The molecule has 0 aromatic rings. The van der Waals surface area contributed by atoms with Crippen LogP contribution in [0, 0.1) is 0 Å². The summed E-state index contributed by atoms with van der Waals surface area (Å²) in [6.07, 6.45) is 24.0. The minimum Gasteiger partial charge on any atom is -0.396 e. The number of hydrogen-bond acceptors (Lipinski definition) is 1. The summed E-state index contributed by atoms with van der Waals surface area (Å²) < 4.78 is 0. The zero-order valence-corrected chi connectivity index (χ0v) is 12.0. The zero-order chi connectivity index (χ0) is 13.3. The van der Waals surface area contributed by atoms with Gasteiger partial charge in [-0.2, -0.15) is 0 Å². The maximum absolute atomic E-state index is 8.64. The van der Waals surface area contributed by atoms with E-state index in [4.69, 9.17) is 5.11 Å². The summed E-state index contributed by atoms with van der Waals surface area (Å²) in [5.74, 6) is 0. The van der Waals surface area contributed by atoms with Crippen molar-refractivity contribution in [3.8, 4) is 0 Å². The van der Waals surface area contributed by atoms with Gasteiger partial charge in [0.1, 0.15) is 0 Å². The number of aliphatic hydroxyl groups excluding tert-OH is 1.